The van der Waals surface area contributed by atoms with E-state index in [1.807, 2.05) is 19.1 Å². The first-order chi connectivity index (χ1) is 16.2. The van der Waals surface area contributed by atoms with Crippen molar-refractivity contribution in [1.82, 2.24) is 9.97 Å². The number of thiazole rings is 2. The third-order valence-corrected chi connectivity index (χ3v) is 7.63. The van der Waals surface area contributed by atoms with E-state index in [-0.39, 0.29) is 16.2 Å². The summed E-state index contributed by atoms with van der Waals surface area (Å²) in [6.45, 7) is 5.34. The van der Waals surface area contributed by atoms with Crippen LogP contribution in [0.25, 0.3) is 10.2 Å². The van der Waals surface area contributed by atoms with E-state index < -0.39 is 35.1 Å². The summed E-state index contributed by atoms with van der Waals surface area (Å²) in [7, 11) is 0. The molecule has 0 aliphatic carbocycles. The van der Waals surface area contributed by atoms with Crippen LogP contribution < -0.4 is 4.90 Å². The fourth-order valence-corrected chi connectivity index (χ4v) is 5.94. The highest BCUT2D eigenvalue weighted by molar-refractivity contribution is 7.22. The average molecular weight is 498 g/mol. The van der Waals surface area contributed by atoms with E-state index in [2.05, 4.69) is 9.97 Å². The molecule has 1 aliphatic rings. The Kier molecular flexibility index (Phi) is 5.29. The molecule has 3 heterocycles. The molecule has 10 heteroatoms. The molecule has 0 radical (unpaired) electrons. The second-order valence-electron chi connectivity index (χ2n) is 7.96. The number of aliphatic hydroxyl groups excluding tert-OH is 1. The van der Waals surface area contributed by atoms with E-state index in [1.54, 1.807) is 26.0 Å². The summed E-state index contributed by atoms with van der Waals surface area (Å²) in [4.78, 5) is 37.1. The second kappa shape index (κ2) is 8.07. The van der Waals surface area contributed by atoms with Crippen LogP contribution in [-0.2, 0) is 4.79 Å². The average Bonchev–Trinajstić information content (AvgIpc) is 3.41. The van der Waals surface area contributed by atoms with Crippen LogP contribution in [0.4, 0.5) is 13.9 Å². The number of nitrogens with zero attached hydrogens (tertiary/aromatic N) is 3. The SMILES string of the molecule is Cc1cccc(C2C(C(=O)c3sc(C)nc3C)=C(O)C(=O)N2c2nc3cc(F)c(F)cc3s2)c1. The number of rotatable bonds is 4. The summed E-state index contributed by atoms with van der Waals surface area (Å²) in [6, 6.07) is 8.21. The van der Waals surface area contributed by atoms with Gasteiger partial charge in [-0.3, -0.25) is 14.5 Å². The number of amides is 1. The predicted octanol–water partition coefficient (Wildman–Crippen LogP) is 5.74. The van der Waals surface area contributed by atoms with Gasteiger partial charge < -0.3 is 5.11 Å². The largest absolute Gasteiger partial charge is 0.503 e. The first-order valence-electron chi connectivity index (χ1n) is 10.2. The Morgan fingerprint density at radius 2 is 1.79 bits per heavy atom. The standard InChI is InChI=1S/C24H17F2N3O3S2/c1-10-5-4-6-13(7-10)19-18(20(30)22-11(2)27-12(3)33-22)21(31)23(32)29(19)24-28-16-8-14(25)15(26)9-17(16)34-24/h4-9,19,31H,1-3H3. The van der Waals surface area contributed by atoms with Crippen LogP contribution in [0.15, 0.2) is 47.7 Å². The van der Waals surface area contributed by atoms with E-state index in [0.29, 0.717) is 25.8 Å². The molecule has 6 nitrogen and oxygen atoms in total. The van der Waals surface area contributed by atoms with Gasteiger partial charge in [-0.2, -0.15) is 0 Å². The van der Waals surface area contributed by atoms with Gasteiger partial charge in [0.05, 0.1) is 37.4 Å². The van der Waals surface area contributed by atoms with Crippen LogP contribution >= 0.6 is 22.7 Å². The van der Waals surface area contributed by atoms with Crippen molar-refractivity contribution in [3.05, 3.63) is 86.1 Å². The Hall–Kier alpha value is -3.50. The van der Waals surface area contributed by atoms with Crippen LogP contribution in [0, 0.1) is 32.4 Å². The van der Waals surface area contributed by atoms with Crippen molar-refractivity contribution >= 4 is 49.7 Å². The number of Topliss-reactive ketones (excluding diaryl/α,β-unsaturated/α-hetero) is 1. The summed E-state index contributed by atoms with van der Waals surface area (Å²) in [5.41, 5.74) is 2.08. The van der Waals surface area contributed by atoms with Crippen molar-refractivity contribution in [1.29, 1.82) is 0 Å². The second-order valence-corrected chi connectivity index (χ2v) is 10.2. The first kappa shape index (κ1) is 22.3. The quantitative estimate of drug-likeness (QED) is 0.364. The highest BCUT2D eigenvalue weighted by atomic mass is 32.1. The fourth-order valence-electron chi connectivity index (χ4n) is 4.07. The van der Waals surface area contributed by atoms with Gasteiger partial charge >= 0.3 is 0 Å². The summed E-state index contributed by atoms with van der Waals surface area (Å²) < 4.78 is 27.9. The maximum absolute atomic E-state index is 13.8. The molecule has 1 amide bonds. The van der Waals surface area contributed by atoms with E-state index in [1.165, 1.54) is 16.2 Å². The molecule has 1 aliphatic heterocycles. The van der Waals surface area contributed by atoms with Crippen molar-refractivity contribution in [2.24, 2.45) is 0 Å². The molecule has 34 heavy (non-hydrogen) atoms. The van der Waals surface area contributed by atoms with Crippen LogP contribution in [0.2, 0.25) is 0 Å². The zero-order valence-corrected chi connectivity index (χ0v) is 19.9. The highest BCUT2D eigenvalue weighted by Crippen LogP contribution is 2.45. The first-order valence-corrected chi connectivity index (χ1v) is 11.9. The smallest absolute Gasteiger partial charge is 0.296 e. The van der Waals surface area contributed by atoms with Crippen LogP contribution in [0.5, 0.6) is 0 Å². The summed E-state index contributed by atoms with van der Waals surface area (Å²) in [6.07, 6.45) is 0. The van der Waals surface area contributed by atoms with E-state index in [4.69, 9.17) is 0 Å². The number of anilines is 1. The highest BCUT2D eigenvalue weighted by Gasteiger charge is 2.46. The lowest BCUT2D eigenvalue weighted by Gasteiger charge is -2.24. The Morgan fingerprint density at radius 1 is 1.06 bits per heavy atom. The number of aryl methyl sites for hydroxylation is 3. The molecule has 0 saturated heterocycles. The van der Waals surface area contributed by atoms with Gasteiger partial charge in [0.15, 0.2) is 22.5 Å². The monoisotopic (exact) mass is 497 g/mol. The lowest BCUT2D eigenvalue weighted by atomic mass is 9.94. The third-order valence-electron chi connectivity index (χ3n) is 5.55. The van der Waals surface area contributed by atoms with Gasteiger partial charge in [-0.05, 0) is 32.4 Å². The number of carbonyl (C=O) groups is 2. The van der Waals surface area contributed by atoms with Gasteiger partial charge in [0.2, 0.25) is 5.78 Å². The molecule has 1 N–H and O–H groups in total. The molecule has 4 aromatic rings. The number of aromatic nitrogens is 2. The van der Waals surface area contributed by atoms with Gasteiger partial charge in [0, 0.05) is 6.07 Å². The Bertz CT molecular complexity index is 1500. The molecule has 0 saturated carbocycles. The predicted molar refractivity (Wildman–Crippen MR) is 127 cm³/mol. The van der Waals surface area contributed by atoms with Crippen LogP contribution in [-0.4, -0.2) is 26.8 Å². The third kappa shape index (κ3) is 3.50. The number of carbonyl (C=O) groups excluding carboxylic acids is 2. The zero-order chi connectivity index (χ0) is 24.3. The zero-order valence-electron chi connectivity index (χ0n) is 18.2. The molecule has 1 unspecified atom stereocenters. The van der Waals surface area contributed by atoms with E-state index in [0.717, 1.165) is 29.0 Å². The summed E-state index contributed by atoms with van der Waals surface area (Å²) in [5, 5.41) is 11.7. The van der Waals surface area contributed by atoms with Crippen LogP contribution in [0.3, 0.4) is 0 Å². The molecule has 0 bridgehead atoms. The Balaban J connectivity index is 1.70. The van der Waals surface area contributed by atoms with Crippen LogP contribution in [0.1, 0.15) is 37.5 Å². The number of aliphatic hydroxyl groups is 1. The van der Waals surface area contributed by atoms with Crippen molar-refractivity contribution in [3.63, 3.8) is 0 Å². The Morgan fingerprint density at radius 3 is 2.47 bits per heavy atom. The maximum Gasteiger partial charge on any atom is 0.296 e. The topological polar surface area (TPSA) is 83.4 Å². The van der Waals surface area contributed by atoms with Crippen molar-refractivity contribution in [2.45, 2.75) is 26.8 Å². The summed E-state index contributed by atoms with van der Waals surface area (Å²) in [5.74, 6) is -4.08. The lowest BCUT2D eigenvalue weighted by molar-refractivity contribution is -0.117. The van der Waals surface area contributed by atoms with Gasteiger partial charge in [-0.1, -0.05) is 41.2 Å². The molecule has 5 rings (SSSR count). The van der Waals surface area contributed by atoms with E-state index in [9.17, 15) is 23.5 Å². The van der Waals surface area contributed by atoms with Gasteiger partial charge in [-0.25, -0.2) is 18.7 Å². The van der Waals surface area contributed by atoms with Crippen molar-refractivity contribution < 1.29 is 23.5 Å². The molecule has 172 valence electrons. The minimum absolute atomic E-state index is 0.0843. The van der Waals surface area contributed by atoms with Crippen molar-refractivity contribution in [2.75, 3.05) is 4.90 Å². The minimum Gasteiger partial charge on any atom is -0.503 e. The number of halogens is 2. The lowest BCUT2D eigenvalue weighted by Crippen LogP contribution is -2.31. The molecular weight excluding hydrogens is 480 g/mol. The molecule has 2 aromatic heterocycles. The van der Waals surface area contributed by atoms with E-state index >= 15 is 0 Å². The molecule has 0 fully saturated rings. The number of hydrogen-bond donors (Lipinski definition) is 1. The number of hydrogen-bond acceptors (Lipinski definition) is 7. The van der Waals surface area contributed by atoms with Crippen molar-refractivity contribution in [3.8, 4) is 0 Å². The number of benzene rings is 2. The molecule has 1 atom stereocenters. The molecular formula is C24H17F2N3O3S2. The Labute approximate surface area is 200 Å². The van der Waals surface area contributed by atoms with Gasteiger partial charge in [0.1, 0.15) is 0 Å². The summed E-state index contributed by atoms with van der Waals surface area (Å²) >= 11 is 2.16. The fraction of sp³-hybridized carbons (Fsp3) is 0.167. The number of ketones is 1. The normalized spacial score (nSPS) is 16.2. The van der Waals surface area contributed by atoms with Gasteiger partial charge in [0.25, 0.3) is 5.91 Å². The van der Waals surface area contributed by atoms with Gasteiger partial charge in [-0.15, -0.1) is 11.3 Å². The number of fused-ring (bicyclic) bond motifs is 1. The molecule has 2 aromatic carbocycles. The minimum atomic E-state index is -1.06. The maximum atomic E-state index is 13.8. The molecule has 0 spiro atoms.